The molecule has 0 unspecified atom stereocenters. The fraction of sp³-hybridized carbons (Fsp3) is 0.400. The van der Waals surface area contributed by atoms with Crippen molar-refractivity contribution >= 4 is 47.0 Å². The van der Waals surface area contributed by atoms with Crippen LogP contribution >= 0.6 is 19.2 Å². The largest absolute Gasteiger partial charge is 0.387 e. The highest BCUT2D eigenvalue weighted by Gasteiger charge is 2.45. The summed E-state index contributed by atoms with van der Waals surface area (Å²) in [5.74, 6) is 0.407. The number of hydrogen-bond donors (Lipinski definition) is 5. The lowest BCUT2D eigenvalue weighted by molar-refractivity contribution is -0.0658. The molecule has 5 rings (SSSR count). The molecule has 0 aliphatic carbocycles. The van der Waals surface area contributed by atoms with Gasteiger partial charge in [-0.15, -0.1) is 0 Å². The summed E-state index contributed by atoms with van der Waals surface area (Å²) in [6.07, 6.45) is -2.57. The summed E-state index contributed by atoms with van der Waals surface area (Å²) in [5.41, 5.74) is 2.21. The molecule has 0 bridgehead atoms. The number of aliphatic hydroxyl groups excluding tert-OH is 2. The van der Waals surface area contributed by atoms with E-state index in [0.29, 0.717) is 17.7 Å². The number of aryl methyl sites for hydroxylation is 1. The Balaban J connectivity index is 1.38. The van der Waals surface area contributed by atoms with Crippen molar-refractivity contribution in [1.29, 1.82) is 0 Å². The molecule has 1 aliphatic rings. The second-order valence-electron chi connectivity index (χ2n) is 8.36. The van der Waals surface area contributed by atoms with Gasteiger partial charge in [0.15, 0.2) is 11.9 Å². The lowest BCUT2D eigenvalue weighted by Crippen LogP contribution is -2.34. The summed E-state index contributed by atoms with van der Waals surface area (Å²) in [7, 11) is -2.53. The molecule has 14 nitrogen and oxygen atoms in total. The molecule has 4 aromatic rings. The van der Waals surface area contributed by atoms with E-state index in [0.717, 1.165) is 16.5 Å². The Kier molecular flexibility index (Phi) is 6.70. The normalized spacial score (nSPS) is 22.6. The standard InChI is InChI=1S/C20H23ClN7O7P/c1-27-14-10(3-2-4-11(14)6-23-27)5-22-17-12-7-24-28(18(12)26-20(21)25-17)19-16(30)15(29)13(35-19)8-34-9-36(31,32)33/h2-4,6-7,13,15-16,19,29-30H,5,8-9H2,1H3,(H,22,25,26)(H2,31,32,33)/t13-,15-,16-,19-/m1/s1. The number of nitrogens with one attached hydrogen (secondary N) is 1. The Morgan fingerprint density at radius 3 is 2.78 bits per heavy atom. The summed E-state index contributed by atoms with van der Waals surface area (Å²) in [5, 5.41) is 34.2. The summed E-state index contributed by atoms with van der Waals surface area (Å²) in [6.45, 7) is 0.0614. The van der Waals surface area contributed by atoms with Crippen molar-refractivity contribution in [3.8, 4) is 0 Å². The van der Waals surface area contributed by atoms with Gasteiger partial charge in [-0.1, -0.05) is 18.2 Å². The Morgan fingerprint density at radius 1 is 1.19 bits per heavy atom. The van der Waals surface area contributed by atoms with Crippen LogP contribution in [0.5, 0.6) is 0 Å². The van der Waals surface area contributed by atoms with Crippen molar-refractivity contribution in [2.75, 3.05) is 18.3 Å². The lowest BCUT2D eigenvalue weighted by Gasteiger charge is -2.16. The van der Waals surface area contributed by atoms with Crippen LogP contribution in [-0.4, -0.2) is 80.8 Å². The first-order chi connectivity index (χ1) is 17.1. The molecule has 0 spiro atoms. The van der Waals surface area contributed by atoms with E-state index in [1.807, 2.05) is 25.2 Å². The average Bonchev–Trinajstić information content (AvgIpc) is 3.49. The van der Waals surface area contributed by atoms with Crippen LogP contribution in [0.1, 0.15) is 11.8 Å². The summed E-state index contributed by atoms with van der Waals surface area (Å²) >= 11 is 6.18. The number of nitrogens with zero attached hydrogens (tertiary/aromatic N) is 6. The van der Waals surface area contributed by atoms with E-state index >= 15 is 0 Å². The third-order valence-corrected chi connectivity index (χ3v) is 6.52. The molecular formula is C20H23ClN7O7P. The molecule has 4 atom stereocenters. The smallest absolute Gasteiger partial charge is 0.350 e. The van der Waals surface area contributed by atoms with E-state index in [1.54, 1.807) is 10.9 Å². The molecule has 0 amide bonds. The summed E-state index contributed by atoms with van der Waals surface area (Å²) in [4.78, 5) is 26.4. The Bertz CT molecular complexity index is 1460. The van der Waals surface area contributed by atoms with Gasteiger partial charge in [-0.3, -0.25) is 9.25 Å². The maximum Gasteiger partial charge on any atom is 0.350 e. The number of para-hydroxylation sites is 1. The van der Waals surface area contributed by atoms with Crippen molar-refractivity contribution in [1.82, 2.24) is 29.5 Å². The van der Waals surface area contributed by atoms with Crippen molar-refractivity contribution in [2.24, 2.45) is 7.05 Å². The zero-order valence-electron chi connectivity index (χ0n) is 18.8. The number of anilines is 1. The van der Waals surface area contributed by atoms with Gasteiger partial charge in [0, 0.05) is 19.0 Å². The van der Waals surface area contributed by atoms with Gasteiger partial charge in [0.1, 0.15) is 30.5 Å². The van der Waals surface area contributed by atoms with Crippen molar-refractivity contribution in [3.63, 3.8) is 0 Å². The second kappa shape index (κ2) is 9.65. The molecule has 0 radical (unpaired) electrons. The van der Waals surface area contributed by atoms with E-state index in [-0.39, 0.29) is 17.5 Å². The number of halogens is 1. The van der Waals surface area contributed by atoms with Gasteiger partial charge in [0.2, 0.25) is 5.28 Å². The van der Waals surface area contributed by atoms with Crippen LogP contribution in [0.3, 0.4) is 0 Å². The number of hydrogen-bond acceptors (Lipinski definition) is 10. The van der Waals surface area contributed by atoms with Crippen LogP contribution in [-0.2, 0) is 27.6 Å². The van der Waals surface area contributed by atoms with Crippen LogP contribution in [0.2, 0.25) is 5.28 Å². The fourth-order valence-electron chi connectivity index (χ4n) is 4.21. The predicted molar refractivity (Wildman–Crippen MR) is 127 cm³/mol. The molecule has 3 aromatic heterocycles. The highest BCUT2D eigenvalue weighted by atomic mass is 35.5. The molecule has 192 valence electrons. The van der Waals surface area contributed by atoms with E-state index in [1.165, 1.54) is 10.9 Å². The monoisotopic (exact) mass is 539 g/mol. The molecule has 1 saturated heterocycles. The van der Waals surface area contributed by atoms with E-state index in [2.05, 4.69) is 25.5 Å². The van der Waals surface area contributed by atoms with Gasteiger partial charge >= 0.3 is 7.60 Å². The Labute approximate surface area is 208 Å². The first-order valence-electron chi connectivity index (χ1n) is 10.8. The highest BCUT2D eigenvalue weighted by molar-refractivity contribution is 7.51. The van der Waals surface area contributed by atoms with Gasteiger partial charge in [0.25, 0.3) is 0 Å². The Hall–Kier alpha value is -2.68. The van der Waals surface area contributed by atoms with Crippen LogP contribution in [0.15, 0.2) is 30.6 Å². The molecule has 1 fully saturated rings. The quantitative estimate of drug-likeness (QED) is 0.156. The number of benzene rings is 1. The predicted octanol–water partition coefficient (Wildman–Crippen LogP) is 0.749. The van der Waals surface area contributed by atoms with Gasteiger partial charge in [-0.05, 0) is 17.2 Å². The van der Waals surface area contributed by atoms with Gasteiger partial charge in [-0.2, -0.15) is 20.2 Å². The number of rotatable bonds is 8. The third kappa shape index (κ3) is 4.82. The zero-order valence-corrected chi connectivity index (χ0v) is 20.5. The van der Waals surface area contributed by atoms with Crippen molar-refractivity contribution < 1.29 is 34.0 Å². The minimum atomic E-state index is -4.39. The van der Waals surface area contributed by atoms with E-state index < -0.39 is 38.5 Å². The van der Waals surface area contributed by atoms with Crippen LogP contribution < -0.4 is 5.32 Å². The SMILES string of the molecule is Cn1ncc2cccc(CNc3nc(Cl)nc4c3cnn4[C@@H]3O[C@H](COCP(=O)(O)O)[C@@H](O)[C@H]3O)c21. The maximum atomic E-state index is 11.0. The highest BCUT2D eigenvalue weighted by Crippen LogP contribution is 2.36. The molecule has 1 aromatic carbocycles. The van der Waals surface area contributed by atoms with Crippen LogP contribution in [0, 0.1) is 0 Å². The van der Waals surface area contributed by atoms with Crippen molar-refractivity contribution in [3.05, 3.63) is 41.4 Å². The number of ether oxygens (including phenoxy) is 2. The van der Waals surface area contributed by atoms with Gasteiger partial charge in [0.05, 0.1) is 29.9 Å². The molecule has 36 heavy (non-hydrogen) atoms. The summed E-state index contributed by atoms with van der Waals surface area (Å²) in [6, 6.07) is 5.88. The summed E-state index contributed by atoms with van der Waals surface area (Å²) < 4.78 is 24.7. The van der Waals surface area contributed by atoms with Crippen LogP contribution in [0.4, 0.5) is 5.82 Å². The lowest BCUT2D eigenvalue weighted by atomic mass is 10.1. The zero-order chi connectivity index (χ0) is 25.6. The number of aromatic nitrogens is 6. The molecule has 0 saturated carbocycles. The minimum absolute atomic E-state index is 0.0694. The molecule has 4 heterocycles. The molecule has 5 N–H and O–H groups in total. The fourth-order valence-corrected chi connectivity index (χ4v) is 4.72. The molecular weight excluding hydrogens is 517 g/mol. The topological polar surface area (TPSA) is 190 Å². The van der Waals surface area contributed by atoms with Gasteiger partial charge in [-0.25, -0.2) is 4.68 Å². The van der Waals surface area contributed by atoms with Crippen molar-refractivity contribution in [2.45, 2.75) is 31.1 Å². The van der Waals surface area contributed by atoms with Gasteiger partial charge < -0.3 is 34.8 Å². The van der Waals surface area contributed by atoms with Crippen LogP contribution in [0.25, 0.3) is 21.9 Å². The van der Waals surface area contributed by atoms with E-state index in [9.17, 15) is 14.8 Å². The molecule has 16 heteroatoms. The first-order valence-corrected chi connectivity index (χ1v) is 13.0. The Morgan fingerprint density at radius 2 is 2.00 bits per heavy atom. The third-order valence-electron chi connectivity index (χ3n) is 5.84. The van der Waals surface area contributed by atoms with E-state index in [4.69, 9.17) is 30.9 Å². The molecule has 1 aliphatic heterocycles. The number of aliphatic hydroxyl groups is 2. The second-order valence-corrected chi connectivity index (χ2v) is 10.3. The average molecular weight is 540 g/mol. The maximum absolute atomic E-state index is 11.0. The minimum Gasteiger partial charge on any atom is -0.387 e. The number of fused-ring (bicyclic) bond motifs is 2. The first kappa shape index (κ1) is 25.0.